The second-order valence-corrected chi connectivity index (χ2v) is 19.4. The van der Waals surface area contributed by atoms with E-state index in [1.807, 2.05) is 55.4 Å². The van der Waals surface area contributed by atoms with Gasteiger partial charge in [-0.1, -0.05) is 73.6 Å². The normalized spacial score (nSPS) is 37.7. The molecule has 9 unspecified atom stereocenters. The smallest absolute Gasteiger partial charge is 0.467 e. The number of ether oxygens (including phenoxy) is 11. The molecule has 0 aromatic heterocycles. The van der Waals surface area contributed by atoms with E-state index in [0.29, 0.717) is 0 Å². The minimum Gasteiger partial charge on any atom is -0.467 e. The molecule has 17 nitrogen and oxygen atoms in total. The predicted molar refractivity (Wildman–Crippen MR) is 251 cm³/mol. The maximum atomic E-state index is 13.9. The summed E-state index contributed by atoms with van der Waals surface area (Å²) in [6, 6.07) is 7.53. The van der Waals surface area contributed by atoms with Crippen LogP contribution in [0.4, 0.5) is 18.9 Å². The lowest BCUT2D eigenvalue weighted by atomic mass is 9.82. The topological polar surface area (TPSA) is 202 Å². The monoisotopic (exact) mass is 1020 g/mol. The minimum atomic E-state index is -4.92. The van der Waals surface area contributed by atoms with Gasteiger partial charge in [-0.15, -0.1) is 24.9 Å². The SMILES string of the molecule is C=C.CCS[C@H]1OC(C(=O)OC)[C@H](O[C@@H]2O[C@@H](C)[C@H](C)C(C)C2OC(C)=O)[C@H](O)C1C.COC(=O)C1OC(OC(=Nc2ccccc2)C(F)(F)F)C(C)[C@@H](C)[C@H]1O[C@@H]1O[C@@H](C)[C@H](C)C(C)C1OC(C)=O. The quantitative estimate of drug-likeness (QED) is 0.0705. The average Bonchev–Trinajstić information content (AvgIpc) is 3.32. The van der Waals surface area contributed by atoms with Crippen LogP contribution in [0.25, 0.3) is 0 Å². The van der Waals surface area contributed by atoms with E-state index in [1.165, 1.54) is 44.9 Å². The van der Waals surface area contributed by atoms with Gasteiger partial charge in [0.25, 0.3) is 5.90 Å². The lowest BCUT2D eigenvalue weighted by Crippen LogP contribution is -2.60. The van der Waals surface area contributed by atoms with Crippen molar-refractivity contribution in [1.82, 2.24) is 0 Å². The molecule has 4 aliphatic rings. The first kappa shape index (κ1) is 60.5. The van der Waals surface area contributed by atoms with Gasteiger partial charge in [-0.05, 0) is 49.5 Å². The van der Waals surface area contributed by atoms with Crippen LogP contribution in [0, 0.1) is 41.4 Å². The molecular weight excluding hydrogens is 948 g/mol. The molecule has 4 saturated heterocycles. The van der Waals surface area contributed by atoms with Crippen molar-refractivity contribution in [3.63, 3.8) is 0 Å². The van der Waals surface area contributed by atoms with E-state index >= 15 is 0 Å². The first-order valence-corrected chi connectivity index (χ1v) is 24.5. The number of aliphatic hydroxyl groups excluding tert-OH is 1. The van der Waals surface area contributed by atoms with Crippen molar-refractivity contribution in [2.75, 3.05) is 20.0 Å². The highest BCUT2D eigenvalue weighted by molar-refractivity contribution is 7.99. The highest BCUT2D eigenvalue weighted by Gasteiger charge is 2.54. The van der Waals surface area contributed by atoms with Gasteiger partial charge in [0.2, 0.25) is 6.29 Å². The van der Waals surface area contributed by atoms with Crippen LogP contribution in [0.5, 0.6) is 0 Å². The van der Waals surface area contributed by atoms with E-state index in [4.69, 9.17) is 52.1 Å². The Morgan fingerprint density at radius 3 is 1.50 bits per heavy atom. The first-order valence-electron chi connectivity index (χ1n) is 23.5. The molecule has 1 aromatic rings. The third-order valence-corrected chi connectivity index (χ3v) is 14.7. The molecule has 70 heavy (non-hydrogen) atoms. The summed E-state index contributed by atoms with van der Waals surface area (Å²) >= 11 is 1.51. The van der Waals surface area contributed by atoms with Gasteiger partial charge in [0.1, 0.15) is 17.6 Å². The second kappa shape index (κ2) is 27.3. The molecular formula is C49H74F3NO16S. The number of nitrogens with zero attached hydrogens (tertiary/aromatic N) is 1. The van der Waals surface area contributed by atoms with Gasteiger partial charge in [-0.2, -0.15) is 13.2 Å². The van der Waals surface area contributed by atoms with Crippen LogP contribution in [0.2, 0.25) is 0 Å². The van der Waals surface area contributed by atoms with Gasteiger partial charge in [0.05, 0.1) is 38.2 Å². The Bertz CT molecular complexity index is 1860. The van der Waals surface area contributed by atoms with Crippen molar-refractivity contribution in [2.45, 2.75) is 169 Å². The van der Waals surface area contributed by atoms with Crippen LogP contribution in [0.15, 0.2) is 48.5 Å². The second-order valence-electron chi connectivity index (χ2n) is 18.0. The Balaban J connectivity index is 0.000000372. The number of para-hydroxylation sites is 1. The van der Waals surface area contributed by atoms with Crippen molar-refractivity contribution >= 4 is 47.2 Å². The summed E-state index contributed by atoms with van der Waals surface area (Å²) in [5.74, 6) is -4.77. The van der Waals surface area contributed by atoms with E-state index in [1.54, 1.807) is 32.0 Å². The highest BCUT2D eigenvalue weighted by Crippen LogP contribution is 2.41. The Labute approximate surface area is 414 Å². The number of esters is 4. The van der Waals surface area contributed by atoms with Crippen LogP contribution in [0.3, 0.4) is 0 Å². The van der Waals surface area contributed by atoms with Gasteiger partial charge in [0.15, 0.2) is 37.0 Å². The van der Waals surface area contributed by atoms with E-state index in [-0.39, 0.29) is 52.9 Å². The number of carbonyl (C=O) groups is 4. The largest absolute Gasteiger partial charge is 0.468 e. The van der Waals surface area contributed by atoms with Crippen molar-refractivity contribution in [2.24, 2.45) is 46.4 Å². The zero-order chi connectivity index (χ0) is 52.9. The molecule has 0 saturated carbocycles. The number of alkyl halides is 3. The molecule has 4 heterocycles. The van der Waals surface area contributed by atoms with Gasteiger partial charge < -0.3 is 57.2 Å². The zero-order valence-corrected chi connectivity index (χ0v) is 43.4. The van der Waals surface area contributed by atoms with Gasteiger partial charge >= 0.3 is 30.1 Å². The Hall–Kier alpha value is -3.83. The maximum absolute atomic E-state index is 13.9. The molecule has 0 radical (unpaired) electrons. The standard InChI is InChI=1S/C27H36F3NO8.C20H34O8S.C2H4/c1-13-14(2)21(36-18(6)32)25(35-17(13)5)37-20-15(3)16(4)24(38-22(20)23(33)34-7)39-26(27(28,29)30)31-19-11-9-8-10-12-19;1-8-29-20-11(4)14(22)16(17(28-20)18(23)24-7)27-19-15(26-13(6)21)10(3)9(2)12(5)25-19;1-2/h8-17,20-22,24-25H,1-7H3;9-12,14-17,19-20,22H,8H2,1-7H3;1-2H2/t13-,14?,15-,16?,17+,20-,21?,22?,24?,25+;9-,10?,11?,12+,14-,15?,16-,17?,19+,20-;/m11./s1. The predicted octanol–water partition coefficient (Wildman–Crippen LogP) is 7.57. The van der Waals surface area contributed by atoms with E-state index < -0.39 is 109 Å². The van der Waals surface area contributed by atoms with Gasteiger partial charge in [-0.25, -0.2) is 14.6 Å². The number of aliphatic imine (C=N–C) groups is 1. The fraction of sp³-hybridized carbons (Fsp3) is 0.735. The van der Waals surface area contributed by atoms with Crippen LogP contribution in [-0.4, -0.2) is 140 Å². The fourth-order valence-corrected chi connectivity index (χ4v) is 9.49. The Morgan fingerprint density at radius 2 is 1.07 bits per heavy atom. The first-order chi connectivity index (χ1) is 32.9. The van der Waals surface area contributed by atoms with Crippen molar-refractivity contribution in [3.8, 4) is 0 Å². The van der Waals surface area contributed by atoms with E-state index in [0.717, 1.165) is 12.9 Å². The molecule has 4 fully saturated rings. The minimum absolute atomic E-state index is 0.0343. The van der Waals surface area contributed by atoms with Gasteiger partial charge in [-0.3, -0.25) is 9.59 Å². The van der Waals surface area contributed by atoms with Crippen molar-refractivity contribution < 1.29 is 89.6 Å². The van der Waals surface area contributed by atoms with Crippen LogP contribution >= 0.6 is 11.8 Å². The number of thioether (sulfide) groups is 1. The molecule has 20 atom stereocenters. The molecule has 4 aliphatic heterocycles. The molecule has 0 aliphatic carbocycles. The van der Waals surface area contributed by atoms with Crippen molar-refractivity contribution in [3.05, 3.63) is 43.5 Å². The fourth-order valence-electron chi connectivity index (χ4n) is 8.50. The summed E-state index contributed by atoms with van der Waals surface area (Å²) in [4.78, 5) is 52.3. The number of methoxy groups -OCH3 is 2. The molecule has 0 bridgehead atoms. The highest BCUT2D eigenvalue weighted by atomic mass is 32.2. The summed E-state index contributed by atoms with van der Waals surface area (Å²) in [6.07, 6.45) is -15.8. The number of hydrogen-bond donors (Lipinski definition) is 1. The molecule has 1 N–H and O–H groups in total. The summed E-state index contributed by atoms with van der Waals surface area (Å²) in [5, 5.41) is 10.9. The van der Waals surface area contributed by atoms with Crippen LogP contribution < -0.4 is 0 Å². The average molecular weight is 1020 g/mol. The number of benzene rings is 1. The van der Waals surface area contributed by atoms with Gasteiger partial charge in [0, 0.05) is 37.5 Å². The molecule has 1 aromatic carbocycles. The molecule has 398 valence electrons. The third kappa shape index (κ3) is 15.3. The summed E-state index contributed by atoms with van der Waals surface area (Å²) in [7, 11) is 2.39. The Morgan fingerprint density at radius 1 is 0.629 bits per heavy atom. The summed E-state index contributed by atoms with van der Waals surface area (Å²) in [6.45, 7) is 27.4. The van der Waals surface area contributed by atoms with Crippen molar-refractivity contribution in [1.29, 1.82) is 0 Å². The number of halogens is 3. The summed E-state index contributed by atoms with van der Waals surface area (Å²) in [5.41, 5.74) is -0.330. The molecule has 0 amide bonds. The lowest BCUT2D eigenvalue weighted by molar-refractivity contribution is -0.323. The third-order valence-electron chi connectivity index (χ3n) is 13.5. The molecule has 5 rings (SSSR count). The number of hydrogen-bond acceptors (Lipinski definition) is 18. The maximum Gasteiger partial charge on any atom is 0.468 e. The summed E-state index contributed by atoms with van der Waals surface area (Å²) < 4.78 is 104. The van der Waals surface area contributed by atoms with Crippen LogP contribution in [0.1, 0.15) is 83.1 Å². The Kier molecular flexibility index (Phi) is 23.6. The zero-order valence-electron chi connectivity index (χ0n) is 42.6. The lowest BCUT2D eigenvalue weighted by Gasteiger charge is -2.47. The van der Waals surface area contributed by atoms with E-state index in [9.17, 15) is 37.5 Å². The van der Waals surface area contributed by atoms with E-state index in [2.05, 4.69) is 18.2 Å². The van der Waals surface area contributed by atoms with Crippen LogP contribution in [-0.2, 0) is 71.3 Å². The number of rotatable bonds is 12. The number of carbonyl (C=O) groups excluding carboxylic acids is 4. The number of aliphatic hydroxyl groups is 1. The molecule has 21 heteroatoms. The molecule has 0 spiro atoms.